The number of hydrogen-bond donors (Lipinski definition) is 0. The number of pyridine rings is 1. The highest BCUT2D eigenvalue weighted by Gasteiger charge is 2.09. The molecule has 0 aliphatic carbocycles. The van der Waals surface area contributed by atoms with Crippen LogP contribution >= 0.6 is 39.1 Å². The maximum Gasteiger partial charge on any atom is 0.147 e. The van der Waals surface area contributed by atoms with Gasteiger partial charge in [-0.25, -0.2) is 0 Å². The molecule has 2 nitrogen and oxygen atoms in total. The number of nitrogens with zero attached hydrogens (tertiary/aromatic N) is 1. The average molecular weight is 347 g/mol. The van der Waals surface area contributed by atoms with Crippen molar-refractivity contribution >= 4 is 39.1 Å². The number of hydrogen-bond acceptors (Lipinski definition) is 2. The number of ether oxygens (including phenoxy) is 1. The Morgan fingerprint density at radius 2 is 2.06 bits per heavy atom. The van der Waals surface area contributed by atoms with Gasteiger partial charge >= 0.3 is 0 Å². The zero-order chi connectivity index (χ0) is 13.1. The smallest absolute Gasteiger partial charge is 0.147 e. The fourth-order valence-electron chi connectivity index (χ4n) is 1.43. The fraction of sp³-hybridized carbons (Fsp3) is 0.154. The second-order valence-electron chi connectivity index (χ2n) is 3.74. The van der Waals surface area contributed by atoms with Gasteiger partial charge in [0.25, 0.3) is 0 Å². The molecular formula is C13H10BrCl2NO. The van der Waals surface area contributed by atoms with E-state index in [-0.39, 0.29) is 0 Å². The molecule has 0 aliphatic rings. The van der Waals surface area contributed by atoms with Crippen molar-refractivity contribution in [1.82, 2.24) is 4.98 Å². The second-order valence-corrected chi connectivity index (χ2v) is 5.33. The van der Waals surface area contributed by atoms with E-state index >= 15 is 0 Å². The summed E-state index contributed by atoms with van der Waals surface area (Å²) in [5, 5.41) is 0.549. The molecule has 0 radical (unpaired) electrons. The minimum Gasteiger partial charge on any atom is -0.455 e. The van der Waals surface area contributed by atoms with Crippen LogP contribution in [0.1, 0.15) is 11.3 Å². The first-order chi connectivity index (χ1) is 8.60. The molecule has 5 heteroatoms. The molecule has 0 N–H and O–H groups in total. The van der Waals surface area contributed by atoms with Crippen LogP contribution in [-0.4, -0.2) is 4.98 Å². The number of halogens is 3. The highest BCUT2D eigenvalue weighted by atomic mass is 79.9. The summed E-state index contributed by atoms with van der Waals surface area (Å²) in [6, 6.07) is 7.29. The van der Waals surface area contributed by atoms with E-state index in [2.05, 4.69) is 20.9 Å². The SMILES string of the molecule is Cc1cc(Oc2cc(Br)ccc2Cl)c(CCl)cn1. The Morgan fingerprint density at radius 1 is 1.28 bits per heavy atom. The van der Waals surface area contributed by atoms with E-state index in [9.17, 15) is 0 Å². The number of benzene rings is 1. The van der Waals surface area contributed by atoms with Crippen LogP contribution in [0.2, 0.25) is 5.02 Å². The minimum atomic E-state index is 0.342. The zero-order valence-corrected chi connectivity index (χ0v) is 12.7. The van der Waals surface area contributed by atoms with E-state index in [1.165, 1.54) is 0 Å². The molecule has 0 amide bonds. The summed E-state index contributed by atoms with van der Waals surface area (Å²) >= 11 is 15.3. The third-order valence-electron chi connectivity index (χ3n) is 2.34. The molecular weight excluding hydrogens is 337 g/mol. The molecule has 1 aromatic heterocycles. The molecule has 18 heavy (non-hydrogen) atoms. The maximum absolute atomic E-state index is 6.09. The molecule has 0 unspecified atom stereocenters. The van der Waals surface area contributed by atoms with Gasteiger partial charge in [-0.15, -0.1) is 11.6 Å². The van der Waals surface area contributed by atoms with Crippen molar-refractivity contribution in [2.45, 2.75) is 12.8 Å². The van der Waals surface area contributed by atoms with Crippen LogP contribution in [0.25, 0.3) is 0 Å². The summed E-state index contributed by atoms with van der Waals surface area (Å²) in [4.78, 5) is 4.19. The summed E-state index contributed by atoms with van der Waals surface area (Å²) in [6.45, 7) is 1.90. The lowest BCUT2D eigenvalue weighted by Gasteiger charge is -2.11. The third kappa shape index (κ3) is 3.16. The molecule has 1 aromatic carbocycles. The molecule has 0 saturated heterocycles. The maximum atomic E-state index is 6.09. The Hall–Kier alpha value is -0.770. The van der Waals surface area contributed by atoms with Crippen LogP contribution in [0, 0.1) is 6.92 Å². The molecule has 0 spiro atoms. The Morgan fingerprint density at radius 3 is 2.78 bits per heavy atom. The molecule has 0 fully saturated rings. The lowest BCUT2D eigenvalue weighted by Crippen LogP contribution is -1.93. The molecule has 94 valence electrons. The van der Waals surface area contributed by atoms with Gasteiger partial charge in [-0.2, -0.15) is 0 Å². The van der Waals surface area contributed by atoms with E-state index in [1.807, 2.05) is 25.1 Å². The lowest BCUT2D eigenvalue weighted by molar-refractivity contribution is 0.477. The van der Waals surface area contributed by atoms with Gasteiger partial charge in [-0.1, -0.05) is 27.5 Å². The van der Waals surface area contributed by atoms with Crippen LogP contribution in [0.15, 0.2) is 34.9 Å². The molecule has 1 heterocycles. The fourth-order valence-corrected chi connectivity index (χ4v) is 2.13. The summed E-state index contributed by atoms with van der Waals surface area (Å²) in [6.07, 6.45) is 1.71. The number of aromatic nitrogens is 1. The number of aryl methyl sites for hydroxylation is 1. The lowest BCUT2D eigenvalue weighted by atomic mass is 10.2. The minimum absolute atomic E-state index is 0.342. The van der Waals surface area contributed by atoms with Crippen LogP contribution in [0.3, 0.4) is 0 Å². The standard InChI is InChI=1S/C13H10BrCl2NO/c1-8-4-12(9(6-15)7-17-8)18-13-5-10(14)2-3-11(13)16/h2-5,7H,6H2,1H3. The molecule has 2 rings (SSSR count). The summed E-state index contributed by atoms with van der Waals surface area (Å²) in [5.41, 5.74) is 1.70. The summed E-state index contributed by atoms with van der Waals surface area (Å²) in [5.74, 6) is 1.61. The molecule has 0 aliphatic heterocycles. The third-order valence-corrected chi connectivity index (χ3v) is 3.43. The molecule has 2 aromatic rings. The van der Waals surface area contributed by atoms with Crippen molar-refractivity contribution in [2.24, 2.45) is 0 Å². The van der Waals surface area contributed by atoms with Gasteiger partial charge in [0.05, 0.1) is 10.9 Å². The first-order valence-corrected chi connectivity index (χ1v) is 6.95. The number of alkyl halides is 1. The van der Waals surface area contributed by atoms with Gasteiger partial charge < -0.3 is 4.74 Å². The highest BCUT2D eigenvalue weighted by molar-refractivity contribution is 9.10. The van der Waals surface area contributed by atoms with E-state index in [4.69, 9.17) is 27.9 Å². The number of rotatable bonds is 3. The van der Waals surface area contributed by atoms with Gasteiger partial charge in [0, 0.05) is 28.0 Å². The van der Waals surface area contributed by atoms with Crippen LogP contribution in [0.5, 0.6) is 11.5 Å². The Bertz CT molecular complexity index is 575. The predicted molar refractivity (Wildman–Crippen MR) is 77.8 cm³/mol. The monoisotopic (exact) mass is 345 g/mol. The van der Waals surface area contributed by atoms with Crippen molar-refractivity contribution in [3.05, 3.63) is 51.2 Å². The van der Waals surface area contributed by atoms with E-state index < -0.39 is 0 Å². The Kier molecular flexibility index (Phi) is 4.49. The Labute approximate surface area is 124 Å². The Balaban J connectivity index is 2.38. The largest absolute Gasteiger partial charge is 0.455 e. The van der Waals surface area contributed by atoms with Crippen LogP contribution < -0.4 is 4.74 Å². The van der Waals surface area contributed by atoms with Crippen molar-refractivity contribution < 1.29 is 4.74 Å². The van der Waals surface area contributed by atoms with Crippen molar-refractivity contribution in [1.29, 1.82) is 0 Å². The average Bonchev–Trinajstić information content (AvgIpc) is 2.34. The van der Waals surface area contributed by atoms with Gasteiger partial charge in [0.1, 0.15) is 11.5 Å². The van der Waals surface area contributed by atoms with Crippen LogP contribution in [0.4, 0.5) is 0 Å². The van der Waals surface area contributed by atoms with E-state index in [0.29, 0.717) is 22.4 Å². The topological polar surface area (TPSA) is 22.1 Å². The van der Waals surface area contributed by atoms with Gasteiger partial charge in [0.15, 0.2) is 0 Å². The first kappa shape index (κ1) is 13.7. The van der Waals surface area contributed by atoms with E-state index in [0.717, 1.165) is 15.7 Å². The quantitative estimate of drug-likeness (QED) is 0.700. The highest BCUT2D eigenvalue weighted by Crippen LogP contribution is 2.33. The van der Waals surface area contributed by atoms with Crippen molar-refractivity contribution in [3.63, 3.8) is 0 Å². The molecule has 0 saturated carbocycles. The van der Waals surface area contributed by atoms with Crippen molar-refractivity contribution in [3.8, 4) is 11.5 Å². The van der Waals surface area contributed by atoms with Gasteiger partial charge in [0.2, 0.25) is 0 Å². The van der Waals surface area contributed by atoms with Crippen LogP contribution in [-0.2, 0) is 5.88 Å². The second kappa shape index (κ2) is 5.91. The summed E-state index contributed by atoms with van der Waals surface area (Å²) in [7, 11) is 0. The normalized spacial score (nSPS) is 10.4. The van der Waals surface area contributed by atoms with E-state index in [1.54, 1.807) is 12.3 Å². The molecule has 0 bridgehead atoms. The molecule has 0 atom stereocenters. The first-order valence-electron chi connectivity index (χ1n) is 5.24. The van der Waals surface area contributed by atoms with Gasteiger partial charge in [-0.05, 0) is 25.1 Å². The van der Waals surface area contributed by atoms with Gasteiger partial charge in [-0.3, -0.25) is 4.98 Å². The zero-order valence-electron chi connectivity index (χ0n) is 9.58. The van der Waals surface area contributed by atoms with Crippen molar-refractivity contribution in [2.75, 3.05) is 0 Å². The predicted octanol–water partition coefficient (Wildman–Crippen LogP) is 5.34. The summed E-state index contributed by atoms with van der Waals surface area (Å²) < 4.78 is 6.71.